The molecular weight excluding hydrogens is 346 g/mol. The van der Waals surface area contributed by atoms with Crippen LogP contribution in [0.3, 0.4) is 0 Å². The lowest BCUT2D eigenvalue weighted by molar-refractivity contribution is -0.137. The minimum Gasteiger partial charge on any atom is -0.489 e. The van der Waals surface area contributed by atoms with Crippen LogP contribution in [0.4, 0.5) is 0 Å². The van der Waals surface area contributed by atoms with Gasteiger partial charge in [-0.3, -0.25) is 15.0 Å². The van der Waals surface area contributed by atoms with Gasteiger partial charge in [-0.05, 0) is 42.2 Å². The molecular formula is C20H21N3O4. The number of hydrogen-bond donors (Lipinski definition) is 3. The molecule has 1 aliphatic heterocycles. The van der Waals surface area contributed by atoms with Crippen LogP contribution in [0.2, 0.25) is 0 Å². The predicted molar refractivity (Wildman–Crippen MR) is 100 cm³/mol. The standard InChI is InChI=1S/C20H21N3O4/c21-19(22)14-5-3-13(4-6-14)12-27-16-7-8-17-15(10-16)2-1-9-23(20(17)26)11-18(24)25/h3-8,10H,1-2,9,11-12H2,(H3,21,22)(H,24,25). The van der Waals surface area contributed by atoms with Crippen molar-refractivity contribution in [2.45, 2.75) is 19.4 Å². The quantitative estimate of drug-likeness (QED) is 0.533. The third-order valence-electron chi connectivity index (χ3n) is 4.47. The lowest BCUT2D eigenvalue weighted by atomic mass is 10.0. The number of nitrogens with two attached hydrogens (primary N) is 1. The highest BCUT2D eigenvalue weighted by Crippen LogP contribution is 2.24. The predicted octanol–water partition coefficient (Wildman–Crippen LogP) is 2.02. The first kappa shape index (κ1) is 18.4. The van der Waals surface area contributed by atoms with Crippen LogP contribution in [-0.2, 0) is 17.8 Å². The van der Waals surface area contributed by atoms with Crippen molar-refractivity contribution >= 4 is 17.7 Å². The van der Waals surface area contributed by atoms with Gasteiger partial charge >= 0.3 is 5.97 Å². The molecule has 27 heavy (non-hydrogen) atoms. The van der Waals surface area contributed by atoms with Crippen molar-refractivity contribution in [2.75, 3.05) is 13.1 Å². The Kier molecular flexibility index (Phi) is 5.40. The van der Waals surface area contributed by atoms with E-state index in [0.29, 0.717) is 42.9 Å². The maximum Gasteiger partial charge on any atom is 0.323 e. The smallest absolute Gasteiger partial charge is 0.323 e. The maximum atomic E-state index is 12.5. The summed E-state index contributed by atoms with van der Waals surface area (Å²) in [5.41, 5.74) is 8.45. The largest absolute Gasteiger partial charge is 0.489 e. The molecule has 7 nitrogen and oxygen atoms in total. The summed E-state index contributed by atoms with van der Waals surface area (Å²) < 4.78 is 5.82. The molecule has 2 aromatic rings. The Hall–Kier alpha value is -3.35. The number of carboxylic acids is 1. The number of carbonyl (C=O) groups excluding carboxylic acids is 1. The van der Waals surface area contributed by atoms with Crippen molar-refractivity contribution in [2.24, 2.45) is 5.73 Å². The number of nitrogens with one attached hydrogen (secondary N) is 1. The van der Waals surface area contributed by atoms with E-state index in [0.717, 1.165) is 11.1 Å². The summed E-state index contributed by atoms with van der Waals surface area (Å²) in [5, 5.41) is 16.4. The van der Waals surface area contributed by atoms with Crippen molar-refractivity contribution in [3.63, 3.8) is 0 Å². The first-order valence-corrected chi connectivity index (χ1v) is 8.64. The van der Waals surface area contributed by atoms with Crippen LogP contribution in [0.5, 0.6) is 5.75 Å². The fourth-order valence-corrected chi connectivity index (χ4v) is 3.07. The van der Waals surface area contributed by atoms with Crippen LogP contribution in [0, 0.1) is 5.41 Å². The van der Waals surface area contributed by atoms with E-state index in [-0.39, 0.29) is 18.3 Å². The fraction of sp³-hybridized carbons (Fsp3) is 0.250. The van der Waals surface area contributed by atoms with E-state index in [1.54, 1.807) is 24.3 Å². The van der Waals surface area contributed by atoms with Gasteiger partial charge in [0, 0.05) is 17.7 Å². The fourth-order valence-electron chi connectivity index (χ4n) is 3.07. The normalized spacial score (nSPS) is 13.6. The molecule has 0 aliphatic carbocycles. The van der Waals surface area contributed by atoms with Gasteiger partial charge in [-0.2, -0.15) is 0 Å². The van der Waals surface area contributed by atoms with Crippen molar-refractivity contribution in [1.82, 2.24) is 4.90 Å². The molecule has 3 rings (SSSR count). The minimum absolute atomic E-state index is 0.0230. The van der Waals surface area contributed by atoms with E-state index in [1.807, 2.05) is 18.2 Å². The Labute approximate surface area is 156 Å². The molecule has 140 valence electrons. The van der Waals surface area contributed by atoms with Crippen LogP contribution in [0.1, 0.15) is 33.5 Å². The number of nitrogens with zero attached hydrogens (tertiary/aromatic N) is 1. The molecule has 1 amide bonds. The van der Waals surface area contributed by atoms with Crippen LogP contribution in [0.25, 0.3) is 0 Å². The number of ether oxygens (including phenoxy) is 1. The van der Waals surface area contributed by atoms with Gasteiger partial charge in [-0.15, -0.1) is 0 Å². The van der Waals surface area contributed by atoms with Crippen molar-refractivity contribution in [3.8, 4) is 5.75 Å². The molecule has 0 fully saturated rings. The van der Waals surface area contributed by atoms with Crippen LogP contribution >= 0.6 is 0 Å². The van der Waals surface area contributed by atoms with E-state index < -0.39 is 5.97 Å². The van der Waals surface area contributed by atoms with Crippen molar-refractivity contribution < 1.29 is 19.4 Å². The average molecular weight is 367 g/mol. The van der Waals surface area contributed by atoms with Gasteiger partial charge in [0.15, 0.2) is 0 Å². The Balaban J connectivity index is 1.70. The molecule has 0 saturated carbocycles. The van der Waals surface area contributed by atoms with Crippen molar-refractivity contribution in [3.05, 3.63) is 64.7 Å². The second-order valence-electron chi connectivity index (χ2n) is 6.44. The lowest BCUT2D eigenvalue weighted by Gasteiger charge is -2.18. The molecule has 0 atom stereocenters. The highest BCUT2D eigenvalue weighted by molar-refractivity contribution is 5.97. The number of nitrogen functional groups attached to an aromatic ring is 1. The van der Waals surface area contributed by atoms with E-state index in [4.69, 9.17) is 21.0 Å². The number of amides is 1. The number of amidine groups is 1. The highest BCUT2D eigenvalue weighted by Gasteiger charge is 2.24. The SMILES string of the molecule is N=C(N)c1ccc(COc2ccc3c(c2)CCCN(CC(=O)O)C3=O)cc1. The van der Waals surface area contributed by atoms with Gasteiger partial charge < -0.3 is 20.5 Å². The van der Waals surface area contributed by atoms with E-state index in [2.05, 4.69) is 0 Å². The van der Waals surface area contributed by atoms with Gasteiger partial charge in [0.05, 0.1) is 0 Å². The molecule has 0 bridgehead atoms. The number of aryl methyl sites for hydroxylation is 1. The molecule has 7 heteroatoms. The number of benzene rings is 2. The van der Waals surface area contributed by atoms with Crippen LogP contribution in [-0.4, -0.2) is 40.8 Å². The van der Waals surface area contributed by atoms with Crippen LogP contribution in [0.15, 0.2) is 42.5 Å². The van der Waals surface area contributed by atoms with E-state index >= 15 is 0 Å². The second kappa shape index (κ2) is 7.90. The number of hydrogen-bond acceptors (Lipinski definition) is 4. The molecule has 0 saturated heterocycles. The molecule has 1 aliphatic rings. The monoisotopic (exact) mass is 367 g/mol. The maximum absolute atomic E-state index is 12.5. The first-order valence-electron chi connectivity index (χ1n) is 8.64. The first-order chi connectivity index (χ1) is 12.9. The Morgan fingerprint density at radius 3 is 2.63 bits per heavy atom. The molecule has 0 aromatic heterocycles. The van der Waals surface area contributed by atoms with E-state index in [9.17, 15) is 9.59 Å². The van der Waals surface area contributed by atoms with Gasteiger partial charge in [0.1, 0.15) is 24.7 Å². The van der Waals surface area contributed by atoms with Gasteiger partial charge in [-0.25, -0.2) is 0 Å². The second-order valence-corrected chi connectivity index (χ2v) is 6.44. The third-order valence-corrected chi connectivity index (χ3v) is 4.47. The molecule has 0 unspecified atom stereocenters. The molecule has 0 radical (unpaired) electrons. The van der Waals surface area contributed by atoms with Crippen molar-refractivity contribution in [1.29, 1.82) is 5.41 Å². The molecule has 4 N–H and O–H groups in total. The van der Waals surface area contributed by atoms with Crippen LogP contribution < -0.4 is 10.5 Å². The van der Waals surface area contributed by atoms with E-state index in [1.165, 1.54) is 4.90 Å². The number of carboxylic acid groups (broad SMARTS) is 1. The third kappa shape index (κ3) is 4.44. The zero-order chi connectivity index (χ0) is 19.4. The number of aliphatic carboxylic acids is 1. The summed E-state index contributed by atoms with van der Waals surface area (Å²) in [6, 6.07) is 12.5. The Morgan fingerprint density at radius 2 is 1.96 bits per heavy atom. The Morgan fingerprint density at radius 1 is 1.22 bits per heavy atom. The number of rotatable bonds is 6. The summed E-state index contributed by atoms with van der Waals surface area (Å²) in [6.45, 7) is 0.501. The highest BCUT2D eigenvalue weighted by atomic mass is 16.5. The zero-order valence-electron chi connectivity index (χ0n) is 14.8. The topological polar surface area (TPSA) is 117 Å². The molecule has 1 heterocycles. The minimum atomic E-state index is -1.01. The average Bonchev–Trinajstić information content (AvgIpc) is 2.79. The van der Waals surface area contributed by atoms with Gasteiger partial charge in [0.2, 0.25) is 0 Å². The number of fused-ring (bicyclic) bond motifs is 1. The van der Waals surface area contributed by atoms with Gasteiger partial charge in [-0.1, -0.05) is 24.3 Å². The number of carbonyl (C=O) groups is 2. The molecule has 2 aromatic carbocycles. The summed E-state index contributed by atoms with van der Waals surface area (Å²) in [4.78, 5) is 24.8. The lowest BCUT2D eigenvalue weighted by Crippen LogP contribution is -2.35. The summed E-state index contributed by atoms with van der Waals surface area (Å²) >= 11 is 0. The summed E-state index contributed by atoms with van der Waals surface area (Å²) in [7, 11) is 0. The Bertz CT molecular complexity index is 877. The summed E-state index contributed by atoms with van der Waals surface area (Å²) in [6.07, 6.45) is 1.41. The summed E-state index contributed by atoms with van der Waals surface area (Å²) in [5.74, 6) is -0.586. The molecule has 0 spiro atoms. The zero-order valence-corrected chi connectivity index (χ0v) is 14.8. The van der Waals surface area contributed by atoms with Gasteiger partial charge in [0.25, 0.3) is 5.91 Å².